The SMILES string of the molecule is CCCOc1ccc(NC(=O)C(C)(C)NC)cc1. The minimum absolute atomic E-state index is 0.0628. The van der Waals surface area contributed by atoms with E-state index in [-0.39, 0.29) is 5.91 Å². The summed E-state index contributed by atoms with van der Waals surface area (Å²) in [5.41, 5.74) is 0.185. The van der Waals surface area contributed by atoms with Crippen LogP contribution in [0.3, 0.4) is 0 Å². The molecule has 0 aromatic heterocycles. The predicted molar refractivity (Wildman–Crippen MR) is 74.0 cm³/mol. The van der Waals surface area contributed by atoms with Crippen molar-refractivity contribution in [3.05, 3.63) is 24.3 Å². The van der Waals surface area contributed by atoms with Crippen LogP contribution in [0.25, 0.3) is 0 Å². The van der Waals surface area contributed by atoms with Crippen molar-refractivity contribution in [3.63, 3.8) is 0 Å². The number of hydrogen-bond donors (Lipinski definition) is 2. The third kappa shape index (κ3) is 4.04. The average Bonchev–Trinajstić information content (AvgIpc) is 2.37. The van der Waals surface area contributed by atoms with Gasteiger partial charge in [-0.1, -0.05) is 6.92 Å². The van der Waals surface area contributed by atoms with Crippen molar-refractivity contribution in [1.29, 1.82) is 0 Å². The second-order valence-electron chi connectivity index (χ2n) is 4.70. The number of rotatable bonds is 6. The van der Waals surface area contributed by atoms with E-state index in [1.807, 2.05) is 38.1 Å². The largest absolute Gasteiger partial charge is 0.494 e. The third-order valence-corrected chi connectivity index (χ3v) is 2.78. The van der Waals surface area contributed by atoms with Gasteiger partial charge < -0.3 is 15.4 Å². The van der Waals surface area contributed by atoms with Gasteiger partial charge in [0, 0.05) is 5.69 Å². The Morgan fingerprint density at radius 3 is 2.39 bits per heavy atom. The Morgan fingerprint density at radius 1 is 1.28 bits per heavy atom. The van der Waals surface area contributed by atoms with E-state index in [0.29, 0.717) is 6.61 Å². The molecule has 0 aliphatic carbocycles. The van der Waals surface area contributed by atoms with Crippen molar-refractivity contribution in [2.24, 2.45) is 0 Å². The van der Waals surface area contributed by atoms with E-state index in [9.17, 15) is 4.79 Å². The standard InChI is InChI=1S/C14H22N2O2/c1-5-10-18-12-8-6-11(7-9-12)16-13(17)14(2,3)15-4/h6-9,15H,5,10H2,1-4H3,(H,16,17). The number of carbonyl (C=O) groups excluding carboxylic acids is 1. The maximum Gasteiger partial charge on any atom is 0.244 e. The van der Waals surface area contributed by atoms with Gasteiger partial charge >= 0.3 is 0 Å². The highest BCUT2D eigenvalue weighted by molar-refractivity contribution is 5.97. The number of hydrogen-bond acceptors (Lipinski definition) is 3. The summed E-state index contributed by atoms with van der Waals surface area (Å²) >= 11 is 0. The first-order valence-electron chi connectivity index (χ1n) is 6.23. The smallest absolute Gasteiger partial charge is 0.244 e. The number of carbonyl (C=O) groups is 1. The molecule has 1 rings (SSSR count). The average molecular weight is 250 g/mol. The Kier molecular flexibility index (Phi) is 5.16. The van der Waals surface area contributed by atoms with Crippen molar-refractivity contribution in [2.75, 3.05) is 19.0 Å². The molecule has 0 saturated heterocycles. The van der Waals surface area contributed by atoms with Gasteiger partial charge in [0.15, 0.2) is 0 Å². The molecule has 0 fully saturated rings. The van der Waals surface area contributed by atoms with Crippen LogP contribution in [0.15, 0.2) is 24.3 Å². The number of ether oxygens (including phenoxy) is 1. The van der Waals surface area contributed by atoms with Gasteiger partial charge in [-0.25, -0.2) is 0 Å². The van der Waals surface area contributed by atoms with Gasteiger partial charge in [0.1, 0.15) is 5.75 Å². The van der Waals surface area contributed by atoms with Crippen LogP contribution in [-0.2, 0) is 4.79 Å². The molecule has 0 spiro atoms. The third-order valence-electron chi connectivity index (χ3n) is 2.78. The molecule has 0 atom stereocenters. The summed E-state index contributed by atoms with van der Waals surface area (Å²) in [4.78, 5) is 11.9. The second kappa shape index (κ2) is 6.40. The summed E-state index contributed by atoms with van der Waals surface area (Å²) in [6.45, 7) is 6.44. The second-order valence-corrected chi connectivity index (χ2v) is 4.70. The van der Waals surface area contributed by atoms with Crippen LogP contribution in [0.2, 0.25) is 0 Å². The Morgan fingerprint density at radius 2 is 1.89 bits per heavy atom. The lowest BCUT2D eigenvalue weighted by molar-refractivity contribution is -0.121. The lowest BCUT2D eigenvalue weighted by Gasteiger charge is -2.22. The predicted octanol–water partition coefficient (Wildman–Crippen LogP) is 2.41. The molecule has 100 valence electrons. The molecule has 1 aromatic rings. The molecule has 4 heteroatoms. The number of benzene rings is 1. The van der Waals surface area contributed by atoms with E-state index in [2.05, 4.69) is 17.6 Å². The molecule has 18 heavy (non-hydrogen) atoms. The van der Waals surface area contributed by atoms with Crippen LogP contribution in [0.4, 0.5) is 5.69 Å². The van der Waals surface area contributed by atoms with E-state index in [4.69, 9.17) is 4.74 Å². The zero-order valence-corrected chi connectivity index (χ0v) is 11.5. The summed E-state index contributed by atoms with van der Waals surface area (Å²) in [6, 6.07) is 7.40. The van der Waals surface area contributed by atoms with Gasteiger partial charge in [-0.2, -0.15) is 0 Å². The molecule has 1 aromatic carbocycles. The van der Waals surface area contributed by atoms with E-state index < -0.39 is 5.54 Å². The van der Waals surface area contributed by atoms with Crippen molar-refractivity contribution in [1.82, 2.24) is 5.32 Å². The molecule has 0 unspecified atom stereocenters. The van der Waals surface area contributed by atoms with Crippen LogP contribution in [0.5, 0.6) is 5.75 Å². The van der Waals surface area contributed by atoms with Crippen molar-refractivity contribution < 1.29 is 9.53 Å². The van der Waals surface area contributed by atoms with Gasteiger partial charge in [0.05, 0.1) is 12.1 Å². The summed E-state index contributed by atoms with van der Waals surface area (Å²) in [6.07, 6.45) is 0.981. The van der Waals surface area contributed by atoms with Crippen LogP contribution < -0.4 is 15.4 Å². The Balaban J connectivity index is 2.61. The molecule has 0 aliphatic rings. The fraction of sp³-hybridized carbons (Fsp3) is 0.500. The Bertz CT molecular complexity index is 385. The Labute approximate surface area is 109 Å². The van der Waals surface area contributed by atoms with Gasteiger partial charge in [-0.15, -0.1) is 0 Å². The number of nitrogens with one attached hydrogen (secondary N) is 2. The molecular formula is C14H22N2O2. The molecule has 1 amide bonds. The summed E-state index contributed by atoms with van der Waals surface area (Å²) in [7, 11) is 1.77. The van der Waals surface area contributed by atoms with E-state index in [1.165, 1.54) is 0 Å². The first kappa shape index (κ1) is 14.5. The molecule has 0 bridgehead atoms. The zero-order chi connectivity index (χ0) is 13.6. The molecule has 2 N–H and O–H groups in total. The maximum absolute atomic E-state index is 11.9. The van der Waals surface area contributed by atoms with Crippen LogP contribution in [-0.4, -0.2) is 25.1 Å². The fourth-order valence-corrected chi connectivity index (χ4v) is 1.26. The number of likely N-dealkylation sites (N-methyl/N-ethyl adjacent to an activating group) is 1. The van der Waals surface area contributed by atoms with Gasteiger partial charge in [-0.05, 0) is 51.6 Å². The monoisotopic (exact) mass is 250 g/mol. The molecule has 0 aliphatic heterocycles. The topological polar surface area (TPSA) is 50.4 Å². The number of amides is 1. The highest BCUT2D eigenvalue weighted by atomic mass is 16.5. The fourth-order valence-electron chi connectivity index (χ4n) is 1.26. The minimum Gasteiger partial charge on any atom is -0.494 e. The van der Waals surface area contributed by atoms with E-state index in [1.54, 1.807) is 7.05 Å². The van der Waals surface area contributed by atoms with E-state index in [0.717, 1.165) is 17.9 Å². The van der Waals surface area contributed by atoms with Crippen LogP contribution >= 0.6 is 0 Å². The molecule has 0 heterocycles. The van der Waals surface area contributed by atoms with Gasteiger partial charge in [0.2, 0.25) is 5.91 Å². The molecule has 0 saturated carbocycles. The van der Waals surface area contributed by atoms with Gasteiger partial charge in [-0.3, -0.25) is 4.79 Å². The normalized spacial score (nSPS) is 11.1. The molecule has 0 radical (unpaired) electrons. The minimum atomic E-state index is -0.586. The number of anilines is 1. The highest BCUT2D eigenvalue weighted by Crippen LogP contribution is 2.17. The zero-order valence-electron chi connectivity index (χ0n) is 11.5. The van der Waals surface area contributed by atoms with Crippen LogP contribution in [0, 0.1) is 0 Å². The summed E-state index contributed by atoms with van der Waals surface area (Å²) in [5.74, 6) is 0.759. The summed E-state index contributed by atoms with van der Waals surface area (Å²) in [5, 5.41) is 5.82. The summed E-state index contributed by atoms with van der Waals surface area (Å²) < 4.78 is 5.48. The first-order valence-corrected chi connectivity index (χ1v) is 6.23. The van der Waals surface area contributed by atoms with Gasteiger partial charge in [0.25, 0.3) is 0 Å². The van der Waals surface area contributed by atoms with E-state index >= 15 is 0 Å². The van der Waals surface area contributed by atoms with Crippen LogP contribution in [0.1, 0.15) is 27.2 Å². The lowest BCUT2D eigenvalue weighted by atomic mass is 10.1. The van der Waals surface area contributed by atoms with Crippen molar-refractivity contribution in [3.8, 4) is 5.75 Å². The highest BCUT2D eigenvalue weighted by Gasteiger charge is 2.24. The van der Waals surface area contributed by atoms with Crippen molar-refractivity contribution >= 4 is 11.6 Å². The molecule has 4 nitrogen and oxygen atoms in total. The Hall–Kier alpha value is -1.55. The first-order chi connectivity index (χ1) is 8.49. The van der Waals surface area contributed by atoms with Crippen molar-refractivity contribution in [2.45, 2.75) is 32.7 Å². The lowest BCUT2D eigenvalue weighted by Crippen LogP contribution is -2.47. The maximum atomic E-state index is 11.9. The molecular weight excluding hydrogens is 228 g/mol. The quantitative estimate of drug-likeness (QED) is 0.815.